The topological polar surface area (TPSA) is 70.5 Å². The molecule has 0 aliphatic heterocycles. The Labute approximate surface area is 158 Å². The van der Waals surface area contributed by atoms with E-state index in [-0.39, 0.29) is 5.88 Å². The summed E-state index contributed by atoms with van der Waals surface area (Å²) in [5.74, 6) is 0.833. The first-order chi connectivity index (χ1) is 12.6. The Morgan fingerprint density at radius 1 is 0.923 bits per heavy atom. The number of nitrogens with zero attached hydrogens (tertiary/aromatic N) is 2. The molecule has 0 aliphatic carbocycles. The van der Waals surface area contributed by atoms with Crippen LogP contribution in [-0.2, 0) is 0 Å². The Bertz CT molecular complexity index is 929. The quantitative estimate of drug-likeness (QED) is 0.584. The van der Waals surface area contributed by atoms with Crippen molar-refractivity contribution in [3.05, 3.63) is 64.6 Å². The van der Waals surface area contributed by atoms with Gasteiger partial charge < -0.3 is 14.2 Å². The predicted molar refractivity (Wildman–Crippen MR) is 99.7 cm³/mol. The van der Waals surface area contributed by atoms with Crippen LogP contribution in [-0.4, -0.2) is 30.4 Å². The molecule has 0 spiro atoms. The number of hydrogen-bond acceptors (Lipinski definition) is 6. The monoisotopic (exact) mass is 414 g/mol. The molecule has 0 amide bonds. The Kier molecular flexibility index (Phi) is 5.48. The number of rotatable bonds is 5. The lowest BCUT2D eigenvalue weighted by atomic mass is 10.1. The average Bonchev–Trinajstić information content (AvgIpc) is 2.68. The van der Waals surface area contributed by atoms with Gasteiger partial charge in [-0.25, -0.2) is 4.79 Å². The van der Waals surface area contributed by atoms with Crippen molar-refractivity contribution in [1.29, 1.82) is 0 Å². The highest BCUT2D eigenvalue weighted by Crippen LogP contribution is 2.31. The van der Waals surface area contributed by atoms with Crippen LogP contribution in [0.5, 0.6) is 17.4 Å². The van der Waals surface area contributed by atoms with Gasteiger partial charge in [0.05, 0.1) is 25.5 Å². The molecular weight excluding hydrogens is 400 g/mol. The smallest absolute Gasteiger partial charge is 0.346 e. The molecule has 0 fully saturated rings. The number of carbonyl (C=O) groups excluding carboxylic acids is 1. The number of aromatic nitrogens is 2. The SMILES string of the molecule is COc1ccc(-c2ccc(OC(=O)c3ccccc3Br)nn2)cc1OC. The van der Waals surface area contributed by atoms with E-state index in [1.807, 2.05) is 12.1 Å². The van der Waals surface area contributed by atoms with Gasteiger partial charge in [-0.15, -0.1) is 10.2 Å². The van der Waals surface area contributed by atoms with Crippen LogP contribution in [0.3, 0.4) is 0 Å². The summed E-state index contributed by atoms with van der Waals surface area (Å²) >= 11 is 3.32. The van der Waals surface area contributed by atoms with Crippen LogP contribution in [0.4, 0.5) is 0 Å². The molecule has 6 nitrogen and oxygen atoms in total. The van der Waals surface area contributed by atoms with Gasteiger partial charge in [0.1, 0.15) is 0 Å². The van der Waals surface area contributed by atoms with E-state index in [4.69, 9.17) is 14.2 Å². The molecule has 1 aromatic heterocycles. The van der Waals surface area contributed by atoms with Crippen molar-refractivity contribution in [3.63, 3.8) is 0 Å². The maximum atomic E-state index is 12.2. The lowest BCUT2D eigenvalue weighted by Crippen LogP contribution is -2.10. The maximum absolute atomic E-state index is 12.2. The van der Waals surface area contributed by atoms with E-state index in [2.05, 4.69) is 26.1 Å². The Hall–Kier alpha value is -2.93. The average molecular weight is 415 g/mol. The number of halogens is 1. The van der Waals surface area contributed by atoms with E-state index in [0.717, 1.165) is 5.56 Å². The van der Waals surface area contributed by atoms with E-state index in [1.54, 1.807) is 56.7 Å². The first-order valence-corrected chi connectivity index (χ1v) is 8.44. The minimum Gasteiger partial charge on any atom is -0.493 e. The molecule has 3 aromatic rings. The second kappa shape index (κ2) is 7.97. The number of methoxy groups -OCH3 is 2. The van der Waals surface area contributed by atoms with Gasteiger partial charge in [-0.05, 0) is 52.3 Å². The molecule has 3 rings (SSSR count). The fraction of sp³-hybridized carbons (Fsp3) is 0.105. The molecule has 0 unspecified atom stereocenters. The Morgan fingerprint density at radius 3 is 2.35 bits per heavy atom. The normalized spacial score (nSPS) is 10.3. The molecule has 1 heterocycles. The molecule has 0 saturated heterocycles. The summed E-state index contributed by atoms with van der Waals surface area (Å²) in [5, 5.41) is 8.08. The van der Waals surface area contributed by atoms with E-state index in [1.165, 1.54) is 0 Å². The number of carbonyl (C=O) groups is 1. The minimum atomic E-state index is -0.509. The van der Waals surface area contributed by atoms with E-state index in [0.29, 0.717) is 27.2 Å². The summed E-state index contributed by atoms with van der Waals surface area (Å²) in [7, 11) is 3.14. The van der Waals surface area contributed by atoms with Crippen molar-refractivity contribution < 1.29 is 19.0 Å². The summed E-state index contributed by atoms with van der Waals surface area (Å²) < 4.78 is 16.4. The maximum Gasteiger partial charge on any atom is 0.346 e. The summed E-state index contributed by atoms with van der Waals surface area (Å²) in [5.41, 5.74) is 1.84. The van der Waals surface area contributed by atoms with Gasteiger partial charge in [0.25, 0.3) is 0 Å². The lowest BCUT2D eigenvalue weighted by molar-refractivity contribution is 0.0725. The second-order valence-corrected chi connectivity index (χ2v) is 6.05. The molecule has 0 bridgehead atoms. The summed E-state index contributed by atoms with van der Waals surface area (Å²) in [6.07, 6.45) is 0. The first kappa shape index (κ1) is 17.9. The van der Waals surface area contributed by atoms with Gasteiger partial charge in [-0.3, -0.25) is 0 Å². The van der Waals surface area contributed by atoms with Gasteiger partial charge in [0, 0.05) is 16.1 Å². The molecule has 0 radical (unpaired) electrons. The third kappa shape index (κ3) is 3.83. The van der Waals surface area contributed by atoms with Crippen LogP contribution < -0.4 is 14.2 Å². The number of hydrogen-bond donors (Lipinski definition) is 0. The van der Waals surface area contributed by atoms with E-state index in [9.17, 15) is 4.79 Å². The van der Waals surface area contributed by atoms with Crippen molar-refractivity contribution in [2.75, 3.05) is 14.2 Å². The lowest BCUT2D eigenvalue weighted by Gasteiger charge is -2.09. The predicted octanol–water partition coefficient (Wildman–Crippen LogP) is 4.14. The summed E-state index contributed by atoms with van der Waals surface area (Å²) in [4.78, 5) is 12.2. The first-order valence-electron chi connectivity index (χ1n) is 7.65. The zero-order valence-electron chi connectivity index (χ0n) is 14.1. The van der Waals surface area contributed by atoms with Crippen molar-refractivity contribution in [2.24, 2.45) is 0 Å². The molecule has 0 saturated carbocycles. The Balaban J connectivity index is 1.79. The fourth-order valence-electron chi connectivity index (χ4n) is 2.30. The van der Waals surface area contributed by atoms with Gasteiger partial charge in [-0.2, -0.15) is 0 Å². The van der Waals surface area contributed by atoms with Gasteiger partial charge >= 0.3 is 5.97 Å². The van der Waals surface area contributed by atoms with Crippen molar-refractivity contribution in [1.82, 2.24) is 10.2 Å². The van der Waals surface area contributed by atoms with Crippen LogP contribution in [0.25, 0.3) is 11.3 Å². The fourth-order valence-corrected chi connectivity index (χ4v) is 2.75. The molecule has 0 N–H and O–H groups in total. The highest BCUT2D eigenvalue weighted by atomic mass is 79.9. The number of esters is 1. The Morgan fingerprint density at radius 2 is 1.69 bits per heavy atom. The standard InChI is InChI=1S/C19H15BrN2O4/c1-24-16-9-7-12(11-17(16)25-2)15-8-10-18(22-21-15)26-19(23)13-5-3-4-6-14(13)20/h3-11H,1-2H3. The van der Waals surface area contributed by atoms with Crippen molar-refractivity contribution in [3.8, 4) is 28.6 Å². The minimum absolute atomic E-state index is 0.120. The molecule has 132 valence electrons. The van der Waals surface area contributed by atoms with Crippen LogP contribution in [0.2, 0.25) is 0 Å². The van der Waals surface area contributed by atoms with Gasteiger partial charge in [0.2, 0.25) is 5.88 Å². The van der Waals surface area contributed by atoms with Crippen molar-refractivity contribution in [2.45, 2.75) is 0 Å². The molecular formula is C19H15BrN2O4. The number of ether oxygens (including phenoxy) is 3. The summed E-state index contributed by atoms with van der Waals surface area (Å²) in [6, 6.07) is 15.8. The zero-order valence-corrected chi connectivity index (χ0v) is 15.7. The van der Waals surface area contributed by atoms with Crippen LogP contribution in [0, 0.1) is 0 Å². The second-order valence-electron chi connectivity index (χ2n) is 5.20. The van der Waals surface area contributed by atoms with E-state index < -0.39 is 5.97 Å². The molecule has 0 atom stereocenters. The third-order valence-corrected chi connectivity index (χ3v) is 4.30. The van der Waals surface area contributed by atoms with Crippen LogP contribution in [0.1, 0.15) is 10.4 Å². The van der Waals surface area contributed by atoms with Crippen LogP contribution >= 0.6 is 15.9 Å². The largest absolute Gasteiger partial charge is 0.493 e. The molecule has 0 aliphatic rings. The van der Waals surface area contributed by atoms with Gasteiger partial charge in [-0.1, -0.05) is 12.1 Å². The van der Waals surface area contributed by atoms with Crippen molar-refractivity contribution >= 4 is 21.9 Å². The highest BCUT2D eigenvalue weighted by molar-refractivity contribution is 9.10. The summed E-state index contributed by atoms with van der Waals surface area (Å²) in [6.45, 7) is 0. The zero-order chi connectivity index (χ0) is 18.5. The third-order valence-electron chi connectivity index (χ3n) is 3.61. The van der Waals surface area contributed by atoms with E-state index >= 15 is 0 Å². The van der Waals surface area contributed by atoms with Gasteiger partial charge in [0.15, 0.2) is 11.5 Å². The molecule has 26 heavy (non-hydrogen) atoms. The molecule has 7 heteroatoms. The van der Waals surface area contributed by atoms with Crippen LogP contribution in [0.15, 0.2) is 59.1 Å². The number of benzene rings is 2. The molecule has 2 aromatic carbocycles. The highest BCUT2D eigenvalue weighted by Gasteiger charge is 2.13.